The van der Waals surface area contributed by atoms with Gasteiger partial charge >= 0.3 is 0 Å². The second-order valence-corrected chi connectivity index (χ2v) is 5.21. The Hall–Kier alpha value is -0.970. The van der Waals surface area contributed by atoms with Crippen LogP contribution in [0.5, 0.6) is 0 Å². The third-order valence-electron chi connectivity index (χ3n) is 3.56. The van der Waals surface area contributed by atoms with Gasteiger partial charge in [-0.1, -0.05) is 43.4 Å². The lowest BCUT2D eigenvalue weighted by molar-refractivity contribution is 0.132. The molecule has 0 atom stereocenters. The van der Waals surface area contributed by atoms with Gasteiger partial charge in [0.2, 0.25) is 0 Å². The lowest BCUT2D eigenvalue weighted by Crippen LogP contribution is -2.45. The summed E-state index contributed by atoms with van der Waals surface area (Å²) in [7, 11) is 0. The van der Waals surface area contributed by atoms with Crippen molar-refractivity contribution in [3.63, 3.8) is 0 Å². The minimum Gasteiger partial charge on any atom is -0.389 e. The molecule has 0 aliphatic carbocycles. The number of nitrogens with zero attached hydrogens (tertiary/aromatic N) is 2. The van der Waals surface area contributed by atoms with E-state index >= 15 is 0 Å². The summed E-state index contributed by atoms with van der Waals surface area (Å²) in [5.74, 6) is 0. The molecule has 3 nitrogen and oxygen atoms in total. The largest absolute Gasteiger partial charge is 0.389 e. The Bertz CT molecular complexity index is 394. The van der Waals surface area contributed by atoms with Crippen LogP contribution in [0.3, 0.4) is 0 Å². The standard InChI is InChI=1S/C14H21N3S/c1-2-16-7-9-17(10-8-16)11-12-3-5-13(6-4-12)14(15)18/h3-6H,2,7-11H2,1H3,(H2,15,18). The van der Waals surface area contributed by atoms with E-state index in [0.29, 0.717) is 4.99 Å². The van der Waals surface area contributed by atoms with Crippen molar-refractivity contribution in [3.8, 4) is 0 Å². The predicted molar refractivity (Wildman–Crippen MR) is 79.7 cm³/mol. The van der Waals surface area contributed by atoms with E-state index in [4.69, 9.17) is 18.0 Å². The average molecular weight is 263 g/mol. The number of benzene rings is 1. The van der Waals surface area contributed by atoms with Crippen molar-refractivity contribution in [3.05, 3.63) is 35.4 Å². The van der Waals surface area contributed by atoms with Crippen molar-refractivity contribution in [2.45, 2.75) is 13.5 Å². The van der Waals surface area contributed by atoms with Crippen LogP contribution in [-0.4, -0.2) is 47.5 Å². The third kappa shape index (κ3) is 3.51. The molecule has 4 heteroatoms. The predicted octanol–water partition coefficient (Wildman–Crippen LogP) is 1.46. The molecule has 0 aromatic heterocycles. The second kappa shape index (κ2) is 6.27. The highest BCUT2D eigenvalue weighted by molar-refractivity contribution is 7.80. The molecule has 1 heterocycles. The highest BCUT2D eigenvalue weighted by Gasteiger charge is 2.15. The molecule has 98 valence electrons. The van der Waals surface area contributed by atoms with E-state index in [1.807, 2.05) is 12.1 Å². The van der Waals surface area contributed by atoms with Gasteiger partial charge < -0.3 is 10.6 Å². The van der Waals surface area contributed by atoms with Crippen LogP contribution in [0.4, 0.5) is 0 Å². The second-order valence-electron chi connectivity index (χ2n) is 4.77. The fourth-order valence-electron chi connectivity index (χ4n) is 2.30. The van der Waals surface area contributed by atoms with Crippen LogP contribution in [-0.2, 0) is 6.54 Å². The molecular weight excluding hydrogens is 242 g/mol. The molecule has 0 spiro atoms. The van der Waals surface area contributed by atoms with Crippen LogP contribution in [0.25, 0.3) is 0 Å². The van der Waals surface area contributed by atoms with Crippen LogP contribution in [0.1, 0.15) is 18.1 Å². The maximum absolute atomic E-state index is 5.59. The number of likely N-dealkylation sites (N-methyl/N-ethyl adjacent to an activating group) is 1. The highest BCUT2D eigenvalue weighted by Crippen LogP contribution is 2.10. The lowest BCUT2D eigenvalue weighted by atomic mass is 10.1. The van der Waals surface area contributed by atoms with Crippen molar-refractivity contribution >= 4 is 17.2 Å². The quantitative estimate of drug-likeness (QED) is 0.834. The third-order valence-corrected chi connectivity index (χ3v) is 3.79. The SMILES string of the molecule is CCN1CCN(Cc2ccc(C(N)=S)cc2)CC1. The smallest absolute Gasteiger partial charge is 0.103 e. The zero-order valence-electron chi connectivity index (χ0n) is 10.9. The van der Waals surface area contributed by atoms with E-state index in [1.54, 1.807) is 0 Å². The number of hydrogen-bond donors (Lipinski definition) is 1. The Balaban J connectivity index is 1.88. The van der Waals surface area contributed by atoms with E-state index in [2.05, 4.69) is 28.9 Å². The van der Waals surface area contributed by atoms with Crippen LogP contribution in [0.2, 0.25) is 0 Å². The van der Waals surface area contributed by atoms with E-state index in [0.717, 1.165) is 31.7 Å². The van der Waals surface area contributed by atoms with E-state index in [1.165, 1.54) is 18.7 Å². The molecule has 0 radical (unpaired) electrons. The summed E-state index contributed by atoms with van der Waals surface area (Å²) < 4.78 is 0. The van der Waals surface area contributed by atoms with E-state index in [9.17, 15) is 0 Å². The summed E-state index contributed by atoms with van der Waals surface area (Å²) in [6.45, 7) is 9.09. The van der Waals surface area contributed by atoms with Gasteiger partial charge in [-0.3, -0.25) is 4.90 Å². The summed E-state index contributed by atoms with van der Waals surface area (Å²) in [6, 6.07) is 8.28. The van der Waals surface area contributed by atoms with Crippen molar-refractivity contribution in [2.75, 3.05) is 32.7 Å². The van der Waals surface area contributed by atoms with Gasteiger partial charge in [-0.2, -0.15) is 0 Å². The Morgan fingerprint density at radius 1 is 1.11 bits per heavy atom. The Labute approximate surface area is 115 Å². The molecule has 2 N–H and O–H groups in total. The highest BCUT2D eigenvalue weighted by atomic mass is 32.1. The summed E-state index contributed by atoms with van der Waals surface area (Å²) >= 11 is 4.95. The summed E-state index contributed by atoms with van der Waals surface area (Å²) in [5.41, 5.74) is 7.88. The molecule has 1 fully saturated rings. The first-order valence-corrected chi connectivity index (χ1v) is 6.93. The van der Waals surface area contributed by atoms with Gasteiger partial charge in [0.05, 0.1) is 0 Å². The first-order valence-electron chi connectivity index (χ1n) is 6.52. The van der Waals surface area contributed by atoms with E-state index in [-0.39, 0.29) is 0 Å². The van der Waals surface area contributed by atoms with Gasteiger partial charge in [-0.05, 0) is 12.1 Å². The normalized spacial score (nSPS) is 17.8. The molecule has 0 saturated carbocycles. The summed E-state index contributed by atoms with van der Waals surface area (Å²) in [5, 5.41) is 0. The first-order chi connectivity index (χ1) is 8.69. The number of nitrogens with two attached hydrogens (primary N) is 1. The molecule has 1 aromatic carbocycles. The minimum atomic E-state index is 0.470. The van der Waals surface area contributed by atoms with Gasteiger partial charge in [0.1, 0.15) is 4.99 Å². The van der Waals surface area contributed by atoms with Gasteiger partial charge in [0.15, 0.2) is 0 Å². The van der Waals surface area contributed by atoms with Gasteiger partial charge in [0.25, 0.3) is 0 Å². The van der Waals surface area contributed by atoms with Gasteiger partial charge in [-0.25, -0.2) is 0 Å². The lowest BCUT2D eigenvalue weighted by Gasteiger charge is -2.34. The first kappa shape index (κ1) is 13.5. The molecule has 1 aliphatic heterocycles. The summed E-state index contributed by atoms with van der Waals surface area (Å²) in [6.07, 6.45) is 0. The van der Waals surface area contributed by atoms with Crippen molar-refractivity contribution < 1.29 is 0 Å². The molecule has 0 bridgehead atoms. The molecule has 1 aliphatic rings. The molecule has 1 saturated heterocycles. The van der Waals surface area contributed by atoms with Crippen LogP contribution < -0.4 is 5.73 Å². The average Bonchev–Trinajstić information content (AvgIpc) is 2.40. The Morgan fingerprint density at radius 3 is 2.17 bits per heavy atom. The maximum atomic E-state index is 5.59. The molecule has 0 amide bonds. The van der Waals surface area contributed by atoms with Crippen LogP contribution in [0, 0.1) is 0 Å². The minimum absolute atomic E-state index is 0.470. The van der Waals surface area contributed by atoms with E-state index < -0.39 is 0 Å². The number of rotatable bonds is 4. The topological polar surface area (TPSA) is 32.5 Å². The van der Waals surface area contributed by atoms with Crippen molar-refractivity contribution in [1.29, 1.82) is 0 Å². The monoisotopic (exact) mass is 263 g/mol. The van der Waals surface area contributed by atoms with Crippen molar-refractivity contribution in [1.82, 2.24) is 9.80 Å². The zero-order chi connectivity index (χ0) is 13.0. The fraction of sp³-hybridized carbons (Fsp3) is 0.500. The van der Waals surface area contributed by atoms with Crippen LogP contribution >= 0.6 is 12.2 Å². The molecule has 18 heavy (non-hydrogen) atoms. The van der Waals surface area contributed by atoms with Crippen molar-refractivity contribution in [2.24, 2.45) is 5.73 Å². The molecule has 0 unspecified atom stereocenters. The number of thiocarbonyl (C=S) groups is 1. The Kier molecular flexibility index (Phi) is 4.69. The number of hydrogen-bond acceptors (Lipinski definition) is 3. The molecular formula is C14H21N3S. The fourth-order valence-corrected chi connectivity index (χ4v) is 2.43. The molecule has 2 rings (SSSR count). The maximum Gasteiger partial charge on any atom is 0.103 e. The zero-order valence-corrected chi connectivity index (χ0v) is 11.7. The molecule has 1 aromatic rings. The van der Waals surface area contributed by atoms with Gasteiger partial charge in [0, 0.05) is 38.3 Å². The summed E-state index contributed by atoms with van der Waals surface area (Å²) in [4.78, 5) is 5.46. The van der Waals surface area contributed by atoms with Crippen LogP contribution in [0.15, 0.2) is 24.3 Å². The number of piperazine rings is 1. The Morgan fingerprint density at radius 2 is 1.67 bits per heavy atom. The van der Waals surface area contributed by atoms with Gasteiger partial charge in [-0.15, -0.1) is 0 Å².